The van der Waals surface area contributed by atoms with Gasteiger partial charge in [-0.15, -0.1) is 0 Å². The fraction of sp³-hybridized carbons (Fsp3) is 0.350. The number of carbonyl (C=O) groups is 1. The van der Waals surface area contributed by atoms with Gasteiger partial charge in [-0.3, -0.25) is 0 Å². The van der Waals surface area contributed by atoms with Gasteiger partial charge in [0.1, 0.15) is 10.6 Å². The van der Waals surface area contributed by atoms with Gasteiger partial charge in [-0.2, -0.15) is 4.31 Å². The Kier molecular flexibility index (Phi) is 7.03. The minimum atomic E-state index is -3.78. The summed E-state index contributed by atoms with van der Waals surface area (Å²) in [6, 6.07) is 11.3. The Morgan fingerprint density at radius 1 is 1.07 bits per heavy atom. The topological polar surface area (TPSA) is 63.7 Å². The quantitative estimate of drug-likeness (QED) is 0.490. The van der Waals surface area contributed by atoms with Crippen molar-refractivity contribution in [2.75, 3.05) is 13.1 Å². The maximum absolute atomic E-state index is 12.7. The maximum Gasteiger partial charge on any atom is 0.343 e. The smallest absolute Gasteiger partial charge is 0.343 e. The minimum Gasteiger partial charge on any atom is -0.423 e. The van der Waals surface area contributed by atoms with Gasteiger partial charge in [0.15, 0.2) is 0 Å². The summed E-state index contributed by atoms with van der Waals surface area (Å²) >= 11 is 6.09. The van der Waals surface area contributed by atoms with Crippen LogP contribution in [0, 0.1) is 0 Å². The van der Waals surface area contributed by atoms with Crippen molar-refractivity contribution in [1.82, 2.24) is 4.31 Å². The highest BCUT2D eigenvalue weighted by atomic mass is 35.5. The molecule has 0 atom stereocenters. The molecule has 2 rings (SSSR count). The molecule has 0 unspecified atom stereocenters. The van der Waals surface area contributed by atoms with E-state index < -0.39 is 16.0 Å². The monoisotopic (exact) mass is 409 g/mol. The average molecular weight is 410 g/mol. The van der Waals surface area contributed by atoms with Crippen LogP contribution >= 0.6 is 11.6 Å². The fourth-order valence-corrected chi connectivity index (χ4v) is 4.58. The number of carbonyl (C=O) groups excluding carboxylic acids is 1. The number of hydrogen-bond acceptors (Lipinski definition) is 4. The van der Waals surface area contributed by atoms with Gasteiger partial charge in [-0.25, -0.2) is 13.2 Å². The number of nitrogens with zero attached hydrogens (tertiary/aromatic N) is 1. The molecule has 0 spiro atoms. The van der Waals surface area contributed by atoms with Gasteiger partial charge in [-0.1, -0.05) is 51.4 Å². The fourth-order valence-electron chi connectivity index (χ4n) is 2.62. The molecule has 0 radical (unpaired) electrons. The largest absolute Gasteiger partial charge is 0.423 e. The zero-order valence-electron chi connectivity index (χ0n) is 15.9. The van der Waals surface area contributed by atoms with Gasteiger partial charge in [-0.05, 0) is 41.8 Å². The van der Waals surface area contributed by atoms with E-state index in [0.717, 1.165) is 5.56 Å². The van der Waals surface area contributed by atoms with Gasteiger partial charge >= 0.3 is 5.97 Å². The first kappa shape index (κ1) is 21.4. The molecule has 0 saturated heterocycles. The Bertz CT molecular complexity index is 904. The summed E-state index contributed by atoms with van der Waals surface area (Å²) in [5, 5.41) is 0.0692. The van der Waals surface area contributed by atoms with Crippen molar-refractivity contribution in [1.29, 1.82) is 0 Å². The molecule has 0 bridgehead atoms. The van der Waals surface area contributed by atoms with Crippen molar-refractivity contribution in [2.45, 2.75) is 38.5 Å². The first-order valence-corrected chi connectivity index (χ1v) is 10.6. The molecule has 0 aromatic heterocycles. The van der Waals surface area contributed by atoms with Crippen LogP contribution in [0.4, 0.5) is 0 Å². The molecule has 5 nitrogen and oxygen atoms in total. The number of benzene rings is 2. The van der Waals surface area contributed by atoms with E-state index >= 15 is 0 Å². The molecule has 2 aromatic rings. The lowest BCUT2D eigenvalue weighted by Crippen LogP contribution is -2.31. The second-order valence-corrected chi connectivity index (χ2v) is 8.66. The van der Waals surface area contributed by atoms with Crippen molar-refractivity contribution in [3.63, 3.8) is 0 Å². The minimum absolute atomic E-state index is 0.0692. The molecule has 0 fully saturated rings. The van der Waals surface area contributed by atoms with Crippen molar-refractivity contribution < 1.29 is 17.9 Å². The standard InChI is InChI=1S/C20H24ClNO4S/c1-5-22(6-2)27(24,25)19-13-16(9-12-18(19)21)20(23)26-17-10-7-15(8-11-17)14(3)4/h7-14H,5-6H2,1-4H3. The van der Waals surface area contributed by atoms with Gasteiger partial charge in [0.2, 0.25) is 10.0 Å². The highest BCUT2D eigenvalue weighted by Crippen LogP contribution is 2.27. The molecule has 0 aliphatic heterocycles. The molecule has 2 aromatic carbocycles. The van der Waals surface area contributed by atoms with E-state index in [2.05, 4.69) is 13.8 Å². The van der Waals surface area contributed by atoms with E-state index in [1.807, 2.05) is 12.1 Å². The molecular formula is C20H24ClNO4S. The van der Waals surface area contributed by atoms with Crippen LogP contribution in [-0.2, 0) is 10.0 Å². The third-order valence-electron chi connectivity index (χ3n) is 4.25. The highest BCUT2D eigenvalue weighted by molar-refractivity contribution is 7.89. The van der Waals surface area contributed by atoms with Crippen LogP contribution in [0.3, 0.4) is 0 Å². The first-order valence-electron chi connectivity index (χ1n) is 8.82. The Balaban J connectivity index is 2.30. The Morgan fingerprint density at radius 3 is 2.19 bits per heavy atom. The Morgan fingerprint density at radius 2 is 1.67 bits per heavy atom. The summed E-state index contributed by atoms with van der Waals surface area (Å²) in [6.07, 6.45) is 0. The van der Waals surface area contributed by atoms with Gasteiger partial charge in [0, 0.05) is 13.1 Å². The van der Waals surface area contributed by atoms with Crippen molar-refractivity contribution in [3.05, 3.63) is 58.6 Å². The number of hydrogen-bond donors (Lipinski definition) is 0. The van der Waals surface area contributed by atoms with E-state index in [9.17, 15) is 13.2 Å². The Hall–Kier alpha value is -1.89. The number of ether oxygens (including phenoxy) is 1. The number of rotatable bonds is 7. The SMILES string of the molecule is CCN(CC)S(=O)(=O)c1cc(C(=O)Oc2ccc(C(C)C)cc2)ccc1Cl. The summed E-state index contributed by atoms with van der Waals surface area (Å²) in [5.74, 6) is 0.131. The molecular weight excluding hydrogens is 386 g/mol. The average Bonchev–Trinajstić information content (AvgIpc) is 2.63. The summed E-state index contributed by atoms with van der Waals surface area (Å²) in [6.45, 7) is 8.26. The van der Waals surface area contributed by atoms with Crippen LogP contribution in [0.2, 0.25) is 5.02 Å². The predicted molar refractivity (Wildman–Crippen MR) is 107 cm³/mol. The van der Waals surface area contributed by atoms with Gasteiger partial charge in [0.25, 0.3) is 0 Å². The lowest BCUT2D eigenvalue weighted by atomic mass is 10.0. The van der Waals surface area contributed by atoms with Crippen LogP contribution in [0.5, 0.6) is 5.75 Å². The lowest BCUT2D eigenvalue weighted by Gasteiger charge is -2.19. The van der Waals surface area contributed by atoms with Gasteiger partial charge in [0.05, 0.1) is 10.6 Å². The zero-order valence-corrected chi connectivity index (χ0v) is 17.5. The van der Waals surface area contributed by atoms with E-state index in [-0.39, 0.29) is 15.5 Å². The summed E-state index contributed by atoms with van der Waals surface area (Å²) < 4.78 is 32.1. The van der Waals surface area contributed by atoms with Crippen molar-refractivity contribution >= 4 is 27.6 Å². The van der Waals surface area contributed by atoms with E-state index in [1.165, 1.54) is 22.5 Å². The second kappa shape index (κ2) is 8.87. The number of halogens is 1. The molecule has 7 heteroatoms. The first-order chi connectivity index (χ1) is 12.7. The molecule has 27 heavy (non-hydrogen) atoms. The molecule has 0 aliphatic rings. The molecule has 0 amide bonds. The third-order valence-corrected chi connectivity index (χ3v) is 6.78. The predicted octanol–water partition coefficient (Wildman–Crippen LogP) is 4.71. The molecule has 0 aliphatic carbocycles. The molecule has 0 heterocycles. The third kappa shape index (κ3) is 4.89. The van der Waals surface area contributed by atoms with Crippen LogP contribution in [0.25, 0.3) is 0 Å². The zero-order chi connectivity index (χ0) is 20.2. The summed E-state index contributed by atoms with van der Waals surface area (Å²) in [7, 11) is -3.78. The molecule has 0 N–H and O–H groups in total. The molecule has 146 valence electrons. The van der Waals surface area contributed by atoms with Crippen molar-refractivity contribution in [3.8, 4) is 5.75 Å². The van der Waals surface area contributed by atoms with Gasteiger partial charge < -0.3 is 4.74 Å². The van der Waals surface area contributed by atoms with Crippen LogP contribution in [0.1, 0.15) is 49.5 Å². The second-order valence-electron chi connectivity index (χ2n) is 6.35. The van der Waals surface area contributed by atoms with E-state index in [4.69, 9.17) is 16.3 Å². The number of esters is 1. The Labute approximate surface area is 166 Å². The van der Waals surface area contributed by atoms with E-state index in [0.29, 0.717) is 24.8 Å². The van der Waals surface area contributed by atoms with Crippen LogP contribution < -0.4 is 4.74 Å². The van der Waals surface area contributed by atoms with Crippen molar-refractivity contribution in [2.24, 2.45) is 0 Å². The molecule has 0 saturated carbocycles. The normalized spacial score (nSPS) is 11.8. The highest BCUT2D eigenvalue weighted by Gasteiger charge is 2.26. The summed E-state index contributed by atoms with van der Waals surface area (Å²) in [5.41, 5.74) is 1.26. The van der Waals surface area contributed by atoms with Crippen LogP contribution in [0.15, 0.2) is 47.4 Å². The summed E-state index contributed by atoms with van der Waals surface area (Å²) in [4.78, 5) is 12.4. The lowest BCUT2D eigenvalue weighted by molar-refractivity contribution is 0.0734. The van der Waals surface area contributed by atoms with E-state index in [1.54, 1.807) is 26.0 Å². The maximum atomic E-state index is 12.7. The van der Waals surface area contributed by atoms with Crippen LogP contribution in [-0.4, -0.2) is 31.8 Å². The number of sulfonamides is 1.